The van der Waals surface area contributed by atoms with E-state index in [1.54, 1.807) is 0 Å². The topological polar surface area (TPSA) is 66.5 Å². The number of halogens is 3. The molecule has 0 spiro atoms. The average molecular weight is 478 g/mol. The predicted octanol–water partition coefficient (Wildman–Crippen LogP) is 5.22. The van der Waals surface area contributed by atoms with Crippen molar-refractivity contribution in [3.8, 4) is 0 Å². The Labute approximate surface area is 187 Å². The number of carbonyl (C=O) groups is 1. The maximum Gasteiger partial charge on any atom is 0.241 e. The number of hydrogen-bond acceptors (Lipinski definition) is 3. The summed E-state index contributed by atoms with van der Waals surface area (Å²) >= 11 is 18.1. The van der Waals surface area contributed by atoms with Crippen LogP contribution in [0.3, 0.4) is 0 Å². The van der Waals surface area contributed by atoms with Gasteiger partial charge in [-0.1, -0.05) is 46.9 Å². The number of nitrogens with zero attached hydrogens (tertiary/aromatic N) is 1. The highest BCUT2D eigenvalue weighted by molar-refractivity contribution is 7.92. The van der Waals surface area contributed by atoms with Gasteiger partial charge in [0.05, 0.1) is 33.1 Å². The molecule has 0 heterocycles. The van der Waals surface area contributed by atoms with Crippen LogP contribution in [0.25, 0.3) is 0 Å². The third-order valence-electron chi connectivity index (χ3n) is 4.67. The van der Waals surface area contributed by atoms with Crippen molar-refractivity contribution in [2.75, 3.05) is 17.1 Å². The lowest BCUT2D eigenvalue weighted by molar-refractivity contribution is -0.120. The normalized spacial score (nSPS) is 12.6. The number of benzene rings is 2. The van der Waals surface area contributed by atoms with E-state index in [0.717, 1.165) is 27.3 Å². The molecule has 0 aliphatic heterocycles. The van der Waals surface area contributed by atoms with Crippen LogP contribution in [0.5, 0.6) is 0 Å². The minimum Gasteiger partial charge on any atom is -0.348 e. The van der Waals surface area contributed by atoms with Gasteiger partial charge in [0.1, 0.15) is 6.54 Å². The lowest BCUT2D eigenvalue weighted by Gasteiger charge is -2.25. The Bertz CT molecular complexity index is 1060. The van der Waals surface area contributed by atoms with Gasteiger partial charge >= 0.3 is 0 Å². The van der Waals surface area contributed by atoms with Gasteiger partial charge in [-0.2, -0.15) is 0 Å². The first kappa shape index (κ1) is 23.8. The van der Waals surface area contributed by atoms with Crippen molar-refractivity contribution in [3.05, 3.63) is 61.6 Å². The standard InChI is InChI=1S/C20H23Cl3N2O3S/c1-11-6-13(3)15(7-12(11)2)14(4)24-20(26)10-25(29(5,27)28)19-9-17(22)16(21)8-18(19)23/h6-9,14H,10H2,1-5H3,(H,24,26)/t14-/m1/s1. The number of carbonyl (C=O) groups excluding carboxylic acids is 1. The van der Waals surface area contributed by atoms with E-state index in [1.807, 2.05) is 33.8 Å². The maximum atomic E-state index is 12.7. The summed E-state index contributed by atoms with van der Waals surface area (Å²) in [5, 5.41) is 3.26. The Kier molecular flexibility index (Phi) is 7.49. The molecule has 29 heavy (non-hydrogen) atoms. The van der Waals surface area contributed by atoms with Crippen LogP contribution in [0.4, 0.5) is 5.69 Å². The molecule has 0 aliphatic rings. The zero-order valence-corrected chi connectivity index (χ0v) is 19.9. The van der Waals surface area contributed by atoms with Crippen LogP contribution >= 0.6 is 34.8 Å². The van der Waals surface area contributed by atoms with Crippen LogP contribution in [0.15, 0.2) is 24.3 Å². The van der Waals surface area contributed by atoms with E-state index in [1.165, 1.54) is 17.7 Å². The van der Waals surface area contributed by atoms with E-state index in [0.29, 0.717) is 0 Å². The molecular weight excluding hydrogens is 455 g/mol. The van der Waals surface area contributed by atoms with Crippen LogP contribution in [0.1, 0.15) is 35.2 Å². The first-order valence-corrected chi connectivity index (χ1v) is 11.8. The van der Waals surface area contributed by atoms with E-state index in [-0.39, 0.29) is 26.8 Å². The van der Waals surface area contributed by atoms with E-state index < -0.39 is 22.5 Å². The minimum absolute atomic E-state index is 0.0793. The number of amides is 1. The Balaban J connectivity index is 2.28. The first-order valence-electron chi connectivity index (χ1n) is 8.80. The highest BCUT2D eigenvalue weighted by Gasteiger charge is 2.25. The third-order valence-corrected chi connectivity index (χ3v) is 6.82. The van der Waals surface area contributed by atoms with E-state index in [4.69, 9.17) is 34.8 Å². The van der Waals surface area contributed by atoms with Crippen LogP contribution in [0, 0.1) is 20.8 Å². The summed E-state index contributed by atoms with van der Waals surface area (Å²) in [7, 11) is -3.80. The van der Waals surface area contributed by atoms with Gasteiger partial charge in [-0.3, -0.25) is 9.10 Å². The fourth-order valence-electron chi connectivity index (χ4n) is 3.03. The molecule has 0 fully saturated rings. The molecule has 2 aromatic rings. The summed E-state index contributed by atoms with van der Waals surface area (Å²) in [4.78, 5) is 12.7. The molecule has 5 nitrogen and oxygen atoms in total. The smallest absolute Gasteiger partial charge is 0.241 e. The quantitative estimate of drug-likeness (QED) is 0.580. The monoisotopic (exact) mass is 476 g/mol. The van der Waals surface area contributed by atoms with Gasteiger partial charge in [-0.05, 0) is 62.1 Å². The Hall–Kier alpha value is -1.47. The molecule has 2 aromatic carbocycles. The number of hydrogen-bond donors (Lipinski definition) is 1. The van der Waals surface area contributed by atoms with Crippen LogP contribution in [0.2, 0.25) is 15.1 Å². The third kappa shape index (κ3) is 5.79. The Morgan fingerprint density at radius 3 is 2.10 bits per heavy atom. The zero-order valence-electron chi connectivity index (χ0n) is 16.8. The van der Waals surface area contributed by atoms with Gasteiger partial charge in [0.15, 0.2) is 0 Å². The Morgan fingerprint density at radius 2 is 1.52 bits per heavy atom. The lowest BCUT2D eigenvalue weighted by Crippen LogP contribution is -2.41. The fourth-order valence-corrected chi connectivity index (χ4v) is 4.58. The molecule has 0 saturated heterocycles. The molecule has 1 amide bonds. The molecule has 1 N–H and O–H groups in total. The number of rotatable bonds is 6. The van der Waals surface area contributed by atoms with Crippen molar-refractivity contribution in [2.45, 2.75) is 33.7 Å². The molecule has 1 atom stereocenters. The highest BCUT2D eigenvalue weighted by atomic mass is 35.5. The van der Waals surface area contributed by atoms with Crippen molar-refractivity contribution in [2.24, 2.45) is 0 Å². The molecule has 0 bridgehead atoms. The van der Waals surface area contributed by atoms with Crippen molar-refractivity contribution in [1.82, 2.24) is 5.32 Å². The molecule has 0 unspecified atom stereocenters. The van der Waals surface area contributed by atoms with Crippen molar-refractivity contribution in [3.63, 3.8) is 0 Å². The van der Waals surface area contributed by atoms with Crippen LogP contribution in [-0.2, 0) is 14.8 Å². The molecule has 2 rings (SSSR count). The summed E-state index contributed by atoms with van der Waals surface area (Å²) in [6.45, 7) is 7.42. The molecule has 0 radical (unpaired) electrons. The average Bonchev–Trinajstić information content (AvgIpc) is 2.58. The summed E-state index contributed by atoms with van der Waals surface area (Å²) in [5.74, 6) is -0.470. The molecule has 0 aliphatic carbocycles. The molecule has 0 saturated carbocycles. The van der Waals surface area contributed by atoms with Gasteiger partial charge in [0, 0.05) is 0 Å². The van der Waals surface area contributed by atoms with Crippen molar-refractivity contribution < 1.29 is 13.2 Å². The SMILES string of the molecule is Cc1cc(C)c([C@@H](C)NC(=O)CN(c2cc(Cl)c(Cl)cc2Cl)S(C)(=O)=O)cc1C. The van der Waals surface area contributed by atoms with E-state index in [9.17, 15) is 13.2 Å². The van der Waals surface area contributed by atoms with Crippen molar-refractivity contribution >= 4 is 56.4 Å². The molecular formula is C20H23Cl3N2O3S. The zero-order chi connectivity index (χ0) is 22.1. The number of anilines is 1. The summed E-state index contributed by atoms with van der Waals surface area (Å²) in [6, 6.07) is 6.47. The second-order valence-electron chi connectivity index (χ2n) is 7.07. The summed E-state index contributed by atoms with van der Waals surface area (Å²) < 4.78 is 25.5. The van der Waals surface area contributed by atoms with Crippen molar-refractivity contribution in [1.29, 1.82) is 0 Å². The molecule has 0 aromatic heterocycles. The number of aryl methyl sites for hydroxylation is 3. The van der Waals surface area contributed by atoms with Gasteiger partial charge in [-0.15, -0.1) is 0 Å². The summed E-state index contributed by atoms with van der Waals surface area (Å²) in [5.41, 5.74) is 4.40. The molecule has 158 valence electrons. The van der Waals surface area contributed by atoms with E-state index >= 15 is 0 Å². The van der Waals surface area contributed by atoms with Gasteiger partial charge in [0.25, 0.3) is 0 Å². The van der Waals surface area contributed by atoms with Gasteiger partial charge in [-0.25, -0.2) is 8.42 Å². The molecule has 9 heteroatoms. The maximum absolute atomic E-state index is 12.7. The lowest BCUT2D eigenvalue weighted by atomic mass is 9.96. The first-order chi connectivity index (χ1) is 13.3. The largest absolute Gasteiger partial charge is 0.348 e. The second kappa shape index (κ2) is 9.13. The van der Waals surface area contributed by atoms with Gasteiger partial charge in [0.2, 0.25) is 15.9 Å². The Morgan fingerprint density at radius 1 is 0.966 bits per heavy atom. The predicted molar refractivity (Wildman–Crippen MR) is 121 cm³/mol. The highest BCUT2D eigenvalue weighted by Crippen LogP contribution is 2.35. The second-order valence-corrected chi connectivity index (χ2v) is 10.2. The number of sulfonamides is 1. The van der Waals surface area contributed by atoms with Gasteiger partial charge < -0.3 is 5.32 Å². The fraction of sp³-hybridized carbons (Fsp3) is 0.350. The summed E-state index contributed by atoms with van der Waals surface area (Å²) in [6.07, 6.45) is 0.996. The number of nitrogens with one attached hydrogen (secondary N) is 1. The van der Waals surface area contributed by atoms with Crippen LogP contribution < -0.4 is 9.62 Å². The van der Waals surface area contributed by atoms with Crippen LogP contribution in [-0.4, -0.2) is 27.1 Å². The minimum atomic E-state index is -3.80. The van der Waals surface area contributed by atoms with E-state index in [2.05, 4.69) is 11.4 Å².